The molecule has 9 heteroatoms. The van der Waals surface area contributed by atoms with Crippen molar-refractivity contribution in [3.05, 3.63) is 64.7 Å². The Morgan fingerprint density at radius 3 is 2.73 bits per heavy atom. The summed E-state index contributed by atoms with van der Waals surface area (Å²) in [6.45, 7) is 3.32. The summed E-state index contributed by atoms with van der Waals surface area (Å²) in [5.74, 6) is 0.734. The molecular weight excluding hydrogens is 422 g/mol. The summed E-state index contributed by atoms with van der Waals surface area (Å²) in [7, 11) is 1.93. The third kappa shape index (κ3) is 5.40. The second-order valence-electron chi connectivity index (χ2n) is 6.95. The van der Waals surface area contributed by atoms with Crippen molar-refractivity contribution >= 4 is 39.9 Å². The fourth-order valence-electron chi connectivity index (χ4n) is 3.11. The van der Waals surface area contributed by atoms with E-state index < -0.39 is 11.1 Å². The van der Waals surface area contributed by atoms with Gasteiger partial charge >= 0.3 is 0 Å². The minimum Gasteiger partial charge on any atom is -0.768 e. The van der Waals surface area contributed by atoms with Gasteiger partial charge in [-0.05, 0) is 60.3 Å². The second kappa shape index (κ2) is 10.1. The Morgan fingerprint density at radius 1 is 1.30 bits per heavy atom. The standard InChI is InChI=1S/C21H26ClN5O2S/c1-14-17(5-3-6-18(14)22)19-13-20(26-21(23)27(19)2)25-12-4-11-24-15-7-9-16(10-8-15)30(28)29/h3,5-10,13,21,24H,4,11-12,23H2,1-2H3,(H,25,26)(H,28,29)/p-1. The van der Waals surface area contributed by atoms with Gasteiger partial charge in [0.2, 0.25) is 0 Å². The van der Waals surface area contributed by atoms with Gasteiger partial charge in [0.25, 0.3) is 0 Å². The van der Waals surface area contributed by atoms with E-state index in [0.29, 0.717) is 18.1 Å². The van der Waals surface area contributed by atoms with Crippen LogP contribution in [0.3, 0.4) is 0 Å². The number of benzene rings is 2. The summed E-state index contributed by atoms with van der Waals surface area (Å²) in [4.78, 5) is 6.86. The van der Waals surface area contributed by atoms with E-state index in [1.54, 1.807) is 24.3 Å². The van der Waals surface area contributed by atoms with Crippen molar-refractivity contribution in [2.75, 3.05) is 25.5 Å². The average molecular weight is 447 g/mol. The van der Waals surface area contributed by atoms with Gasteiger partial charge in [0.1, 0.15) is 5.84 Å². The molecule has 2 aromatic carbocycles. The number of aliphatic imine (C=N–C) groups is 1. The van der Waals surface area contributed by atoms with Crippen LogP contribution in [0.1, 0.15) is 17.5 Å². The molecule has 0 saturated heterocycles. The molecule has 2 atom stereocenters. The number of nitrogens with zero attached hydrogens (tertiary/aromatic N) is 2. The van der Waals surface area contributed by atoms with Gasteiger partial charge in [0.05, 0.1) is 5.70 Å². The van der Waals surface area contributed by atoms with Crippen LogP contribution in [0.2, 0.25) is 5.02 Å². The van der Waals surface area contributed by atoms with Gasteiger partial charge < -0.3 is 20.1 Å². The van der Waals surface area contributed by atoms with Gasteiger partial charge in [-0.25, -0.2) is 0 Å². The molecule has 2 unspecified atom stereocenters. The van der Waals surface area contributed by atoms with Crippen LogP contribution in [-0.4, -0.2) is 45.9 Å². The maximum atomic E-state index is 10.9. The molecule has 160 valence electrons. The Morgan fingerprint density at radius 2 is 2.03 bits per heavy atom. The molecule has 0 radical (unpaired) electrons. The predicted octanol–water partition coefficient (Wildman–Crippen LogP) is 2.91. The van der Waals surface area contributed by atoms with Gasteiger partial charge in [-0.3, -0.25) is 14.9 Å². The minimum atomic E-state index is -2.20. The fourth-order valence-corrected chi connectivity index (χ4v) is 3.64. The molecule has 7 nitrogen and oxygen atoms in total. The van der Waals surface area contributed by atoms with E-state index >= 15 is 0 Å². The maximum absolute atomic E-state index is 10.9. The molecule has 1 aliphatic heterocycles. The van der Waals surface area contributed by atoms with Crippen LogP contribution in [0.15, 0.2) is 58.4 Å². The largest absolute Gasteiger partial charge is 0.768 e. The lowest BCUT2D eigenvalue weighted by atomic mass is 10.0. The predicted molar refractivity (Wildman–Crippen MR) is 122 cm³/mol. The van der Waals surface area contributed by atoms with E-state index in [4.69, 9.17) is 17.3 Å². The van der Waals surface area contributed by atoms with E-state index in [1.807, 2.05) is 43.1 Å². The second-order valence-corrected chi connectivity index (χ2v) is 8.30. The molecule has 1 aliphatic rings. The number of hydrogen-bond donors (Lipinski definition) is 3. The lowest BCUT2D eigenvalue weighted by molar-refractivity contribution is 0.328. The number of halogens is 1. The Bertz CT molecular complexity index is 978. The molecule has 0 bridgehead atoms. The van der Waals surface area contributed by atoms with Crippen molar-refractivity contribution in [2.45, 2.75) is 24.5 Å². The van der Waals surface area contributed by atoms with Crippen LogP contribution in [0, 0.1) is 6.92 Å². The molecular formula is C21H25ClN5O2S-. The number of hydrogen-bond acceptors (Lipinski definition) is 6. The first-order valence-corrected chi connectivity index (χ1v) is 11.0. The van der Waals surface area contributed by atoms with Gasteiger partial charge in [0.15, 0.2) is 6.29 Å². The summed E-state index contributed by atoms with van der Waals surface area (Å²) in [5, 5.41) is 7.17. The van der Waals surface area contributed by atoms with Crippen LogP contribution in [-0.2, 0) is 11.1 Å². The van der Waals surface area contributed by atoms with Crippen LogP contribution in [0.25, 0.3) is 5.70 Å². The highest BCUT2D eigenvalue weighted by atomic mass is 35.5. The summed E-state index contributed by atoms with van der Waals surface area (Å²) >= 11 is 4.08. The molecule has 0 aliphatic carbocycles. The number of anilines is 1. The number of rotatable bonds is 7. The maximum Gasteiger partial charge on any atom is 0.153 e. The smallest absolute Gasteiger partial charge is 0.153 e. The van der Waals surface area contributed by atoms with Gasteiger partial charge in [-0.15, -0.1) is 0 Å². The SMILES string of the molecule is Cc1c(Cl)cccc1C1=CC(=NCCCNc2ccc(S(=O)[O-])cc2)NC(N)N1C. The highest BCUT2D eigenvalue weighted by molar-refractivity contribution is 7.79. The molecule has 0 amide bonds. The Labute approximate surface area is 184 Å². The van der Waals surface area contributed by atoms with Crippen molar-refractivity contribution in [3.63, 3.8) is 0 Å². The average Bonchev–Trinajstić information content (AvgIpc) is 2.73. The first kappa shape index (κ1) is 22.3. The Kier molecular flexibility index (Phi) is 7.49. The van der Waals surface area contributed by atoms with Crippen molar-refractivity contribution in [1.29, 1.82) is 0 Å². The van der Waals surface area contributed by atoms with Crippen LogP contribution in [0.4, 0.5) is 5.69 Å². The lowest BCUT2D eigenvalue weighted by Crippen LogP contribution is -2.54. The van der Waals surface area contributed by atoms with E-state index in [0.717, 1.165) is 34.8 Å². The highest BCUT2D eigenvalue weighted by Crippen LogP contribution is 2.28. The molecule has 0 saturated carbocycles. The van der Waals surface area contributed by atoms with Crippen molar-refractivity contribution < 1.29 is 8.76 Å². The zero-order chi connectivity index (χ0) is 21.7. The third-order valence-corrected chi connectivity index (χ3v) is 5.97. The Balaban J connectivity index is 1.61. The highest BCUT2D eigenvalue weighted by Gasteiger charge is 2.22. The first-order chi connectivity index (χ1) is 14.4. The first-order valence-electron chi connectivity index (χ1n) is 9.56. The molecule has 3 rings (SSSR count). The van der Waals surface area contributed by atoms with Crippen LogP contribution >= 0.6 is 11.6 Å². The summed E-state index contributed by atoms with van der Waals surface area (Å²) in [6.07, 6.45) is 2.41. The molecule has 2 aromatic rings. The zero-order valence-corrected chi connectivity index (χ0v) is 18.5. The quantitative estimate of drug-likeness (QED) is 0.446. The number of amidine groups is 1. The zero-order valence-electron chi connectivity index (χ0n) is 16.9. The molecule has 0 spiro atoms. The molecule has 1 heterocycles. The number of nitrogens with two attached hydrogens (primary N) is 1. The van der Waals surface area contributed by atoms with Gasteiger partial charge in [-0.2, -0.15) is 0 Å². The molecule has 0 fully saturated rings. The van der Waals surface area contributed by atoms with E-state index in [2.05, 4.69) is 15.6 Å². The third-order valence-electron chi connectivity index (χ3n) is 4.90. The van der Waals surface area contributed by atoms with Gasteiger partial charge in [-0.1, -0.05) is 23.7 Å². The van der Waals surface area contributed by atoms with E-state index in [9.17, 15) is 8.76 Å². The lowest BCUT2D eigenvalue weighted by Gasteiger charge is -2.35. The molecule has 4 N–H and O–H groups in total. The van der Waals surface area contributed by atoms with E-state index in [-0.39, 0.29) is 11.2 Å². The topological polar surface area (TPSA) is 106 Å². The van der Waals surface area contributed by atoms with Crippen LogP contribution in [0.5, 0.6) is 0 Å². The number of nitrogens with one attached hydrogen (secondary N) is 2. The summed E-state index contributed by atoms with van der Waals surface area (Å²) < 4.78 is 21.8. The monoisotopic (exact) mass is 446 g/mol. The van der Waals surface area contributed by atoms with Crippen molar-refractivity contribution in [2.24, 2.45) is 10.7 Å². The summed E-state index contributed by atoms with van der Waals surface area (Å²) in [6, 6.07) is 12.5. The van der Waals surface area contributed by atoms with Crippen molar-refractivity contribution in [3.8, 4) is 0 Å². The minimum absolute atomic E-state index is 0.272. The van der Waals surface area contributed by atoms with Crippen LogP contribution < -0.4 is 16.4 Å². The Hall–Kier alpha value is -2.39. The molecule has 0 aromatic heterocycles. The van der Waals surface area contributed by atoms with Gasteiger partial charge in [0, 0.05) is 47.4 Å². The van der Waals surface area contributed by atoms with E-state index in [1.165, 1.54) is 0 Å². The normalized spacial score (nSPS) is 18.7. The molecule has 30 heavy (non-hydrogen) atoms. The summed E-state index contributed by atoms with van der Waals surface area (Å²) in [5.41, 5.74) is 10.1. The fraction of sp³-hybridized carbons (Fsp3) is 0.286. The van der Waals surface area contributed by atoms with Crippen molar-refractivity contribution in [1.82, 2.24) is 10.2 Å².